The van der Waals surface area contributed by atoms with Gasteiger partial charge in [-0.3, -0.25) is 29.5 Å². The van der Waals surface area contributed by atoms with Crippen molar-refractivity contribution in [1.29, 1.82) is 0 Å². The van der Waals surface area contributed by atoms with Gasteiger partial charge in [0.1, 0.15) is 11.9 Å². The number of nitrogens with zero attached hydrogens (tertiary/aromatic N) is 4. The molecule has 3 N–H and O–H groups in total. The zero-order chi connectivity index (χ0) is 33.7. The molecular weight excluding hydrogens is 618 g/mol. The zero-order valence-corrected chi connectivity index (χ0v) is 26.8. The fourth-order valence-corrected chi connectivity index (χ4v) is 6.51. The number of anilines is 2. The topological polar surface area (TPSA) is 146 Å². The van der Waals surface area contributed by atoms with E-state index in [4.69, 9.17) is 4.98 Å². The number of amides is 4. The lowest BCUT2D eigenvalue weighted by molar-refractivity contribution is -0.136. The number of aromatic nitrogens is 3. The highest BCUT2D eigenvalue weighted by molar-refractivity contribution is 6.05. The van der Waals surface area contributed by atoms with E-state index in [2.05, 4.69) is 25.9 Å². The van der Waals surface area contributed by atoms with E-state index in [1.165, 1.54) is 0 Å². The van der Waals surface area contributed by atoms with Gasteiger partial charge in [0.05, 0.1) is 0 Å². The van der Waals surface area contributed by atoms with Crippen LogP contribution in [0.5, 0.6) is 0 Å². The summed E-state index contributed by atoms with van der Waals surface area (Å²) in [5, 5.41) is 10.7. The molecule has 246 valence electrons. The Balaban J connectivity index is 0.871. The number of benzene rings is 3. The summed E-state index contributed by atoms with van der Waals surface area (Å²) in [4.78, 5) is 64.9. The van der Waals surface area contributed by atoms with Crippen molar-refractivity contribution in [3.8, 4) is 11.4 Å². The fraction of sp³-hybridized carbons (Fsp3) is 0.237. The van der Waals surface area contributed by atoms with E-state index >= 15 is 0 Å². The summed E-state index contributed by atoms with van der Waals surface area (Å²) in [5.41, 5.74) is 4.92. The molecule has 7 rings (SSSR count). The van der Waals surface area contributed by atoms with Crippen LogP contribution in [0.3, 0.4) is 0 Å². The van der Waals surface area contributed by atoms with Crippen molar-refractivity contribution in [1.82, 2.24) is 30.5 Å². The number of piperidine rings is 1. The molecule has 0 saturated carbocycles. The van der Waals surface area contributed by atoms with Crippen molar-refractivity contribution in [2.24, 2.45) is 0 Å². The van der Waals surface area contributed by atoms with Crippen LogP contribution in [0.1, 0.15) is 63.9 Å². The number of rotatable bonds is 11. The molecule has 1 unspecified atom stereocenters. The van der Waals surface area contributed by atoms with Gasteiger partial charge < -0.3 is 15.5 Å². The Bertz CT molecular complexity index is 2060. The number of imide groups is 1. The number of pyridine rings is 1. The number of carbonyl (C=O) groups excluding carboxylic acids is 4. The van der Waals surface area contributed by atoms with Crippen molar-refractivity contribution in [2.75, 3.05) is 11.9 Å². The third-order valence-corrected chi connectivity index (χ3v) is 9.07. The van der Waals surface area contributed by atoms with Gasteiger partial charge in [0.2, 0.25) is 11.8 Å². The van der Waals surface area contributed by atoms with Crippen LogP contribution in [0.15, 0.2) is 91.4 Å². The predicted octanol–water partition coefficient (Wildman–Crippen LogP) is 5.34. The van der Waals surface area contributed by atoms with Gasteiger partial charge in [-0.25, -0.2) is 9.97 Å². The van der Waals surface area contributed by atoms with Gasteiger partial charge in [-0.05, 0) is 78.6 Å². The SMILES string of the molecule is O=C1CCC(N2Cc3c(CCCCCNC(=O)c4ccc(Nc5ccnc(-c6cncc7ccccc67)n5)cc4)cccc3C2=O)C(=O)N1. The van der Waals surface area contributed by atoms with Gasteiger partial charge in [0, 0.05) is 65.9 Å². The Morgan fingerprint density at radius 1 is 0.898 bits per heavy atom. The predicted molar refractivity (Wildman–Crippen MR) is 185 cm³/mol. The Morgan fingerprint density at radius 2 is 1.76 bits per heavy atom. The van der Waals surface area contributed by atoms with Crippen LogP contribution in [0.4, 0.5) is 11.5 Å². The van der Waals surface area contributed by atoms with Crippen LogP contribution in [-0.2, 0) is 22.6 Å². The maximum Gasteiger partial charge on any atom is 0.255 e. The Hall–Kier alpha value is -5.97. The average Bonchev–Trinajstić information content (AvgIpc) is 3.46. The minimum atomic E-state index is -0.618. The highest BCUT2D eigenvalue weighted by Crippen LogP contribution is 2.31. The molecular formula is C38H35N7O4. The number of carbonyl (C=O) groups is 4. The molecule has 2 aromatic heterocycles. The monoisotopic (exact) mass is 653 g/mol. The summed E-state index contributed by atoms with van der Waals surface area (Å²) in [6, 6.07) is 22.2. The molecule has 4 amide bonds. The molecule has 3 aromatic carbocycles. The molecule has 1 saturated heterocycles. The van der Waals surface area contributed by atoms with Crippen LogP contribution in [0.2, 0.25) is 0 Å². The highest BCUT2D eigenvalue weighted by Gasteiger charge is 2.39. The second kappa shape index (κ2) is 14.0. The first kappa shape index (κ1) is 31.6. The van der Waals surface area contributed by atoms with Gasteiger partial charge in [-0.2, -0.15) is 0 Å². The summed E-state index contributed by atoms with van der Waals surface area (Å²) in [7, 11) is 0. The standard InChI is InChI=1S/C38H35N7O4/c46-34-17-16-32(37(48)44-34)45-23-31-24(9-6-11-29(31)38(45)49)7-2-1-5-19-41-36(47)25-12-14-27(15-13-25)42-33-18-20-40-35(43-33)30-22-39-21-26-8-3-4-10-28(26)30/h3-4,6,8-15,18,20-22,32H,1-2,5,7,16-17,19,23H2,(H,41,47)(H,40,42,43)(H,44,46,48). The Kier molecular flexibility index (Phi) is 9.05. The van der Waals surface area contributed by atoms with E-state index in [9.17, 15) is 19.2 Å². The van der Waals surface area contributed by atoms with Crippen molar-refractivity contribution >= 4 is 45.9 Å². The van der Waals surface area contributed by atoms with Crippen LogP contribution in [0.25, 0.3) is 22.2 Å². The van der Waals surface area contributed by atoms with Gasteiger partial charge >= 0.3 is 0 Å². The molecule has 11 heteroatoms. The van der Waals surface area contributed by atoms with E-state index < -0.39 is 11.9 Å². The second-order valence-corrected chi connectivity index (χ2v) is 12.3. The van der Waals surface area contributed by atoms with Crippen molar-refractivity contribution < 1.29 is 19.2 Å². The molecule has 0 radical (unpaired) electrons. The lowest BCUT2D eigenvalue weighted by Crippen LogP contribution is -2.52. The molecule has 49 heavy (non-hydrogen) atoms. The largest absolute Gasteiger partial charge is 0.352 e. The number of hydrogen-bond donors (Lipinski definition) is 3. The molecule has 5 aromatic rings. The van der Waals surface area contributed by atoms with Crippen molar-refractivity contribution in [2.45, 2.75) is 51.1 Å². The molecule has 2 aliphatic heterocycles. The number of aryl methyl sites for hydroxylation is 1. The number of nitrogens with one attached hydrogen (secondary N) is 3. The molecule has 0 spiro atoms. The van der Waals surface area contributed by atoms with Gasteiger partial charge in [-0.15, -0.1) is 0 Å². The minimum absolute atomic E-state index is 0.132. The van der Waals surface area contributed by atoms with Crippen LogP contribution in [-0.4, -0.2) is 56.1 Å². The number of unbranched alkanes of at least 4 members (excludes halogenated alkanes) is 2. The highest BCUT2D eigenvalue weighted by atomic mass is 16.2. The van der Waals surface area contributed by atoms with Crippen LogP contribution < -0.4 is 16.0 Å². The lowest BCUT2D eigenvalue weighted by Gasteiger charge is -2.29. The first-order chi connectivity index (χ1) is 23.9. The first-order valence-corrected chi connectivity index (χ1v) is 16.5. The molecule has 0 aliphatic carbocycles. The normalized spacial score (nSPS) is 15.6. The van der Waals surface area contributed by atoms with Crippen molar-refractivity contribution in [3.05, 3.63) is 114 Å². The van der Waals surface area contributed by atoms with Gasteiger partial charge in [0.25, 0.3) is 11.8 Å². The Morgan fingerprint density at radius 3 is 2.61 bits per heavy atom. The molecule has 2 aliphatic rings. The lowest BCUT2D eigenvalue weighted by atomic mass is 9.98. The van der Waals surface area contributed by atoms with E-state index in [0.717, 1.165) is 58.8 Å². The van der Waals surface area contributed by atoms with E-state index in [0.29, 0.717) is 42.3 Å². The van der Waals surface area contributed by atoms with E-state index in [1.807, 2.05) is 60.8 Å². The maximum atomic E-state index is 13.1. The van der Waals surface area contributed by atoms with Crippen molar-refractivity contribution in [3.63, 3.8) is 0 Å². The summed E-state index contributed by atoms with van der Waals surface area (Å²) in [5.74, 6) is 0.222. The first-order valence-electron chi connectivity index (χ1n) is 16.5. The van der Waals surface area contributed by atoms with E-state index in [-0.39, 0.29) is 24.1 Å². The zero-order valence-electron chi connectivity index (χ0n) is 26.8. The Labute approximate surface area is 283 Å². The van der Waals surface area contributed by atoms with Gasteiger partial charge in [-0.1, -0.05) is 42.8 Å². The third-order valence-electron chi connectivity index (χ3n) is 9.07. The summed E-state index contributed by atoms with van der Waals surface area (Å²) >= 11 is 0. The molecule has 4 heterocycles. The van der Waals surface area contributed by atoms with Gasteiger partial charge in [0.15, 0.2) is 5.82 Å². The summed E-state index contributed by atoms with van der Waals surface area (Å²) in [6.07, 6.45) is 9.32. The molecule has 1 fully saturated rings. The molecule has 1 atom stereocenters. The fourth-order valence-electron chi connectivity index (χ4n) is 6.51. The van der Waals surface area contributed by atoms with Crippen LogP contribution >= 0.6 is 0 Å². The minimum Gasteiger partial charge on any atom is -0.352 e. The molecule has 11 nitrogen and oxygen atoms in total. The number of fused-ring (bicyclic) bond motifs is 2. The van der Waals surface area contributed by atoms with E-state index in [1.54, 1.807) is 35.5 Å². The smallest absolute Gasteiger partial charge is 0.255 e. The molecule has 0 bridgehead atoms. The maximum absolute atomic E-state index is 13.1. The average molecular weight is 654 g/mol. The second-order valence-electron chi connectivity index (χ2n) is 12.3. The summed E-state index contributed by atoms with van der Waals surface area (Å²) < 4.78 is 0. The van der Waals surface area contributed by atoms with Crippen LogP contribution in [0, 0.1) is 0 Å². The summed E-state index contributed by atoms with van der Waals surface area (Å²) in [6.45, 7) is 0.935. The quantitative estimate of drug-likeness (QED) is 0.128. The number of hydrogen-bond acceptors (Lipinski definition) is 8. The third kappa shape index (κ3) is 6.87.